The van der Waals surface area contributed by atoms with Crippen molar-refractivity contribution in [3.05, 3.63) is 482 Å². The summed E-state index contributed by atoms with van der Waals surface area (Å²) in [4.78, 5) is 54.6. The van der Waals surface area contributed by atoms with Crippen LogP contribution in [0.4, 0.5) is 0 Å². The molecule has 150 heavy (non-hydrogen) atoms. The van der Waals surface area contributed by atoms with Gasteiger partial charge in [-0.2, -0.15) is 39.9 Å². The van der Waals surface area contributed by atoms with Crippen molar-refractivity contribution in [2.24, 2.45) is 0 Å². The second-order valence-corrected chi connectivity index (χ2v) is 37.5. The summed E-state index contributed by atoms with van der Waals surface area (Å²) in [5.74, 6) is 4.17. The second-order valence-electron chi connectivity index (χ2n) is 36.2. The van der Waals surface area contributed by atoms with Gasteiger partial charge in [0, 0.05) is 87.6 Å². The predicted octanol–water partition coefficient (Wildman–Crippen LogP) is 36.0. The molecule has 0 aliphatic heterocycles. The lowest BCUT2D eigenvalue weighted by atomic mass is 9.96. The Kier molecular flexibility index (Phi) is 23.8. The highest BCUT2D eigenvalue weighted by Gasteiger charge is 2.25. The third-order valence-corrected chi connectivity index (χ3v) is 27.7. The van der Waals surface area contributed by atoms with Gasteiger partial charge in [0.1, 0.15) is 44.7 Å². The lowest BCUT2D eigenvalue weighted by molar-refractivity contribution is 0.668. The minimum absolute atomic E-state index is 0.150. The van der Waals surface area contributed by atoms with Gasteiger partial charge in [0.25, 0.3) is 0 Å². The number of hydrogen-bond donors (Lipinski definition) is 0. The first kappa shape index (κ1) is 91.0. The summed E-state index contributed by atoms with van der Waals surface area (Å²) in [5, 5.41) is 18.2. The molecule has 0 N–H and O–H groups in total. The summed E-state index contributed by atoms with van der Waals surface area (Å²) in [6.45, 7) is 0. The Morgan fingerprint density at radius 2 is 0.367 bits per heavy atom. The molecule has 29 aromatic rings. The lowest BCUT2D eigenvalue weighted by Crippen LogP contribution is -1.97. The molecule has 0 amide bonds. The molecule has 21 aromatic carbocycles. The van der Waals surface area contributed by atoms with Crippen molar-refractivity contribution in [3.8, 4) is 147 Å². The van der Waals surface area contributed by atoms with Crippen LogP contribution in [-0.4, -0.2) is 59.8 Å². The smallest absolute Gasteiger partial charge is 0.226 e. The molecule has 29 rings (SSSR count). The van der Waals surface area contributed by atoms with Crippen LogP contribution in [0, 0.1) is 0 Å². The Morgan fingerprint density at radius 3 is 0.760 bits per heavy atom. The average molecular weight is 2010 g/mol. The Hall–Kier alpha value is -18.9. The van der Waals surface area contributed by atoms with Crippen LogP contribution < -0.4 is 0 Å². The van der Waals surface area contributed by atoms with Crippen molar-refractivity contribution < 1.29 is 17.7 Å². The van der Waals surface area contributed by atoms with Gasteiger partial charge in [-0.15, -0.1) is 0 Å². The van der Waals surface area contributed by atoms with Crippen LogP contribution in [-0.2, 0) is 0 Å². The van der Waals surface area contributed by atoms with Crippen LogP contribution in [0.3, 0.4) is 0 Å². The Bertz CT molecular complexity index is 10300. The third kappa shape index (κ3) is 17.8. The molecule has 16 nitrogen and oxygen atoms in total. The number of rotatable bonds is 13. The van der Waals surface area contributed by atoms with Gasteiger partial charge in [-0.3, -0.25) is 0 Å². The molecule has 0 fully saturated rings. The molecule has 8 aromatic heterocycles. The van der Waals surface area contributed by atoms with Gasteiger partial charge in [0.15, 0.2) is 46.6 Å². The van der Waals surface area contributed by atoms with E-state index in [1.807, 2.05) is 224 Å². The van der Waals surface area contributed by atoms with E-state index in [-0.39, 0.29) is 21.1 Å². The summed E-state index contributed by atoms with van der Waals surface area (Å²) in [6.07, 6.45) is 0. The predicted molar refractivity (Wildman–Crippen MR) is 609 cm³/mol. The zero-order chi connectivity index (χ0) is 100. The molecular formula is C130H76Cl4N12O4. The first-order valence-electron chi connectivity index (χ1n) is 48.7. The highest BCUT2D eigenvalue weighted by molar-refractivity contribution is 6.30. The highest BCUT2D eigenvalue weighted by Crippen LogP contribution is 2.47. The van der Waals surface area contributed by atoms with Crippen molar-refractivity contribution in [1.29, 1.82) is 0 Å². The van der Waals surface area contributed by atoms with Gasteiger partial charge in [-0.05, 0) is 236 Å². The van der Waals surface area contributed by atoms with Gasteiger partial charge in [0.05, 0.1) is 0 Å². The van der Waals surface area contributed by atoms with Crippen molar-refractivity contribution >= 4 is 177 Å². The molecule has 0 aliphatic rings. The molecule has 0 bridgehead atoms. The van der Waals surface area contributed by atoms with Crippen molar-refractivity contribution in [2.45, 2.75) is 0 Å². The molecule has 20 heteroatoms. The van der Waals surface area contributed by atoms with Crippen LogP contribution in [0.5, 0.6) is 0 Å². The molecule has 0 aliphatic carbocycles. The first-order valence-corrected chi connectivity index (χ1v) is 50.2. The summed E-state index contributed by atoms with van der Waals surface area (Å²) in [5.41, 5.74) is 24.6. The molecule has 0 saturated heterocycles. The molecule has 0 spiro atoms. The number of aromatic nitrogens is 12. The molecule has 0 radical (unpaired) electrons. The summed E-state index contributed by atoms with van der Waals surface area (Å²) in [6, 6.07) is 156. The van der Waals surface area contributed by atoms with Crippen molar-refractivity contribution in [2.75, 3.05) is 0 Å². The fourth-order valence-corrected chi connectivity index (χ4v) is 20.7. The van der Waals surface area contributed by atoms with Gasteiger partial charge < -0.3 is 17.7 Å². The van der Waals surface area contributed by atoms with Crippen LogP contribution in [0.1, 0.15) is 0 Å². The maximum atomic E-state index is 6.40. The monoisotopic (exact) mass is 2010 g/mol. The first-order chi connectivity index (χ1) is 73.9. The quantitative estimate of drug-likeness (QED) is 0.0984. The maximum Gasteiger partial charge on any atom is 0.226 e. The number of benzene rings is 21. The van der Waals surface area contributed by atoms with E-state index in [9.17, 15) is 0 Å². The summed E-state index contributed by atoms with van der Waals surface area (Å²) >= 11 is 25.5. The van der Waals surface area contributed by atoms with Crippen LogP contribution >= 0.6 is 46.4 Å². The van der Waals surface area contributed by atoms with Gasteiger partial charge in [-0.1, -0.05) is 370 Å². The number of hydrogen-bond acceptors (Lipinski definition) is 16. The van der Waals surface area contributed by atoms with Crippen LogP contribution in [0.25, 0.3) is 278 Å². The zero-order valence-electron chi connectivity index (χ0n) is 79.4. The van der Waals surface area contributed by atoms with Gasteiger partial charge >= 0.3 is 0 Å². The molecule has 0 saturated carbocycles. The number of furan rings is 4. The Balaban J connectivity index is 0.000000101. The van der Waals surface area contributed by atoms with E-state index in [1.54, 1.807) is 0 Å². The number of nitrogens with zero attached hydrogens (tertiary/aromatic N) is 12. The molecule has 8 heterocycles. The highest BCUT2D eigenvalue weighted by atomic mass is 35.5. The standard InChI is InChI=1S/C35H20ClN3O.C33H20ClN3O.2C31H18ClN3O/c36-35-38-33(23-8-2-1-3-9-23)37-34(39-35)27-11-6-12-31-32(27)29-20-25(17-18-30(29)40-31)24-16-15-22-14-13-21-7-4-5-10-26(21)28(22)19-24;34-33-36-31(22-11-5-2-6-12-22)35-32(37-33)26-15-8-16-29-30(26)27-20-25(17-18-28(27)38-29)24-14-7-13-23(19-24)21-9-3-1-4-10-21;32-31-34-29(20-9-2-1-3-10-20)33-30(35-31)24-14-7-15-27-28(24)25-18-21(16-17-26(25)36-27)23-13-6-11-19-8-4-5-12-22(19)23;32-31-34-29(20-8-2-1-3-9-20)33-30(35-31)24-11-6-12-27-28(24)25-18-23(15-16-26(25)36-27)22-14-13-19-7-4-5-10-21(19)17-22/h1-20H;1-20H;2*1-18H. The minimum atomic E-state index is 0.150. The van der Waals surface area contributed by atoms with Crippen LogP contribution in [0.2, 0.25) is 21.1 Å². The van der Waals surface area contributed by atoms with E-state index in [1.165, 1.54) is 59.8 Å². The van der Waals surface area contributed by atoms with Gasteiger partial charge in [0.2, 0.25) is 21.1 Å². The number of halogens is 4. The molecule has 708 valence electrons. The van der Waals surface area contributed by atoms with E-state index in [0.29, 0.717) is 46.6 Å². The van der Waals surface area contributed by atoms with Crippen molar-refractivity contribution in [1.82, 2.24) is 59.8 Å². The maximum absolute atomic E-state index is 6.40. The van der Waals surface area contributed by atoms with Crippen LogP contribution in [0.15, 0.2) is 479 Å². The fraction of sp³-hybridized carbons (Fsp3) is 0. The normalized spacial score (nSPS) is 11.5. The topological polar surface area (TPSA) is 207 Å². The fourth-order valence-electron chi connectivity index (χ4n) is 20.0. The second kappa shape index (κ2) is 39.2. The molecule has 0 atom stereocenters. The lowest BCUT2D eigenvalue weighted by Gasteiger charge is -2.08. The average Bonchev–Trinajstić information content (AvgIpc) is 1.60. The van der Waals surface area contributed by atoms with E-state index in [0.717, 1.165) is 171 Å². The van der Waals surface area contributed by atoms with E-state index < -0.39 is 0 Å². The summed E-state index contributed by atoms with van der Waals surface area (Å²) < 4.78 is 25.0. The van der Waals surface area contributed by atoms with E-state index in [2.05, 4.69) is 276 Å². The summed E-state index contributed by atoms with van der Waals surface area (Å²) in [7, 11) is 0. The Labute approximate surface area is 877 Å². The SMILES string of the molecule is Clc1nc(-c2ccccc2)nc(-c2cccc3oc4ccc(-c5ccc6ccc7ccccc7c6c5)cc4c23)n1.Clc1nc(-c2ccccc2)nc(-c2cccc3oc4ccc(-c5ccc6ccccc6c5)cc4c23)n1.Clc1nc(-c2ccccc2)nc(-c2cccc3oc4ccc(-c5cccc(-c6ccccc6)c5)cc4c23)n1.Clc1nc(-c2ccccc2)nc(-c2cccc3oc4ccc(-c5cccc6ccccc56)cc4c23)n1. The zero-order valence-corrected chi connectivity index (χ0v) is 82.4. The Morgan fingerprint density at radius 1 is 0.127 bits per heavy atom. The molecule has 0 unspecified atom stereocenters. The number of fused-ring (bicyclic) bond motifs is 17. The largest absolute Gasteiger partial charge is 0.456 e. The molecular weight excluding hydrogens is 1940 g/mol. The van der Waals surface area contributed by atoms with Crippen molar-refractivity contribution in [3.63, 3.8) is 0 Å². The minimum Gasteiger partial charge on any atom is -0.456 e. The van der Waals surface area contributed by atoms with Gasteiger partial charge in [-0.25, -0.2) is 19.9 Å². The third-order valence-electron chi connectivity index (χ3n) is 27.1. The van der Waals surface area contributed by atoms with E-state index >= 15 is 0 Å². The van der Waals surface area contributed by atoms with E-state index in [4.69, 9.17) is 84.0 Å².